The number of anilines is 1. The summed E-state index contributed by atoms with van der Waals surface area (Å²) in [4.78, 5) is 23.4. The molecule has 1 aromatic heterocycles. The smallest absolute Gasteiger partial charge is 0.227 e. The number of nitrogens with zero attached hydrogens (tertiary/aromatic N) is 4. The van der Waals surface area contributed by atoms with Crippen LogP contribution in [0.15, 0.2) is 42.7 Å². The van der Waals surface area contributed by atoms with Crippen molar-refractivity contribution < 1.29 is 14.6 Å². The standard InChI is InChI=1S/C25H36N4O3/c1-18-14-29(19(2)17-30)25(31)13-21-12-22(27(3)4)6-7-23(21)32-24(18)16-28(5)15-20-8-10-26-11-9-20/h6-12,18-19,24,30H,13-17H2,1-5H3/t18-,19-,24+/m1/s1. The average Bonchev–Trinajstić information content (AvgIpc) is 2.81. The Morgan fingerprint density at radius 2 is 1.94 bits per heavy atom. The molecule has 1 aromatic carbocycles. The number of pyridine rings is 1. The molecule has 3 atom stereocenters. The number of rotatable bonds is 7. The molecule has 32 heavy (non-hydrogen) atoms. The number of hydrogen-bond acceptors (Lipinski definition) is 6. The number of aliphatic hydroxyl groups is 1. The molecule has 2 heterocycles. The van der Waals surface area contributed by atoms with Crippen LogP contribution < -0.4 is 9.64 Å². The minimum absolute atomic E-state index is 0.0185. The molecule has 7 heteroatoms. The van der Waals surface area contributed by atoms with Gasteiger partial charge in [0.15, 0.2) is 0 Å². The minimum Gasteiger partial charge on any atom is -0.488 e. The van der Waals surface area contributed by atoms with Gasteiger partial charge in [-0.25, -0.2) is 0 Å². The Balaban J connectivity index is 1.89. The van der Waals surface area contributed by atoms with E-state index in [0.29, 0.717) is 13.1 Å². The lowest BCUT2D eigenvalue weighted by Gasteiger charge is -2.34. The highest BCUT2D eigenvalue weighted by Gasteiger charge is 2.31. The third-order valence-electron chi connectivity index (χ3n) is 6.11. The maximum Gasteiger partial charge on any atom is 0.227 e. The number of hydrogen-bond donors (Lipinski definition) is 1. The van der Waals surface area contributed by atoms with Crippen LogP contribution in [0.5, 0.6) is 5.75 Å². The number of fused-ring (bicyclic) bond motifs is 1. The number of carbonyl (C=O) groups is 1. The Hall–Kier alpha value is -2.64. The molecule has 1 N–H and O–H groups in total. The van der Waals surface area contributed by atoms with Crippen molar-refractivity contribution in [2.45, 2.75) is 39.0 Å². The Morgan fingerprint density at radius 3 is 2.59 bits per heavy atom. The molecule has 0 unspecified atom stereocenters. The summed E-state index contributed by atoms with van der Waals surface area (Å²) in [6.45, 7) is 6.00. The molecule has 0 saturated heterocycles. The topological polar surface area (TPSA) is 69.1 Å². The summed E-state index contributed by atoms with van der Waals surface area (Å²) < 4.78 is 6.57. The van der Waals surface area contributed by atoms with Gasteiger partial charge >= 0.3 is 0 Å². The van der Waals surface area contributed by atoms with Crippen LogP contribution in [0.4, 0.5) is 5.69 Å². The molecule has 174 valence electrons. The zero-order valence-electron chi connectivity index (χ0n) is 19.9. The Labute approximate surface area is 191 Å². The molecule has 0 aliphatic carbocycles. The molecule has 2 aromatic rings. The second kappa shape index (κ2) is 10.8. The number of aliphatic hydroxyl groups excluding tert-OH is 1. The van der Waals surface area contributed by atoms with E-state index in [9.17, 15) is 9.90 Å². The SMILES string of the molecule is C[C@@H]1CN([C@H](C)CO)C(=O)Cc2cc(N(C)C)ccc2O[C@H]1CN(C)Cc1ccncc1. The largest absolute Gasteiger partial charge is 0.488 e. The molecule has 7 nitrogen and oxygen atoms in total. The third-order valence-corrected chi connectivity index (χ3v) is 6.11. The first-order valence-corrected chi connectivity index (χ1v) is 11.2. The number of carbonyl (C=O) groups excluding carboxylic acids is 1. The van der Waals surface area contributed by atoms with Crippen molar-refractivity contribution in [1.29, 1.82) is 0 Å². The summed E-state index contributed by atoms with van der Waals surface area (Å²) in [5.41, 5.74) is 3.10. The van der Waals surface area contributed by atoms with Gasteiger partial charge in [0.05, 0.1) is 19.1 Å². The fraction of sp³-hybridized carbons (Fsp3) is 0.520. The number of likely N-dealkylation sites (N-methyl/N-ethyl adjacent to an activating group) is 1. The first kappa shape index (κ1) is 24.0. The van der Waals surface area contributed by atoms with Crippen molar-refractivity contribution in [1.82, 2.24) is 14.8 Å². The Kier molecular flexibility index (Phi) is 8.10. The second-order valence-corrected chi connectivity index (χ2v) is 9.13. The molecule has 3 rings (SSSR count). The molecular weight excluding hydrogens is 404 g/mol. The van der Waals surface area contributed by atoms with Crippen LogP contribution in [-0.2, 0) is 17.8 Å². The third kappa shape index (κ3) is 5.99. The van der Waals surface area contributed by atoms with Gasteiger partial charge in [0.25, 0.3) is 0 Å². The van der Waals surface area contributed by atoms with Crippen molar-refractivity contribution in [3.05, 3.63) is 53.9 Å². The predicted molar refractivity (Wildman–Crippen MR) is 127 cm³/mol. The number of aromatic nitrogens is 1. The van der Waals surface area contributed by atoms with Gasteiger partial charge in [-0.2, -0.15) is 0 Å². The number of ether oxygens (including phenoxy) is 1. The maximum atomic E-state index is 13.2. The van der Waals surface area contributed by atoms with E-state index in [2.05, 4.69) is 23.9 Å². The van der Waals surface area contributed by atoms with E-state index in [4.69, 9.17) is 4.74 Å². The van der Waals surface area contributed by atoms with E-state index in [1.54, 1.807) is 17.3 Å². The fourth-order valence-corrected chi connectivity index (χ4v) is 4.08. The lowest BCUT2D eigenvalue weighted by atomic mass is 10.0. The first-order valence-electron chi connectivity index (χ1n) is 11.2. The van der Waals surface area contributed by atoms with E-state index < -0.39 is 0 Å². The van der Waals surface area contributed by atoms with Crippen LogP contribution in [0.1, 0.15) is 25.0 Å². The molecule has 0 fully saturated rings. The van der Waals surface area contributed by atoms with E-state index in [1.165, 1.54) is 5.56 Å². The predicted octanol–water partition coefficient (Wildman–Crippen LogP) is 2.43. The Morgan fingerprint density at radius 1 is 1.22 bits per heavy atom. The average molecular weight is 441 g/mol. The lowest BCUT2D eigenvalue weighted by molar-refractivity contribution is -0.134. The van der Waals surface area contributed by atoms with Crippen molar-refractivity contribution >= 4 is 11.6 Å². The van der Waals surface area contributed by atoms with Crippen molar-refractivity contribution in [3.63, 3.8) is 0 Å². The van der Waals surface area contributed by atoms with Gasteiger partial charge in [-0.05, 0) is 49.9 Å². The van der Waals surface area contributed by atoms with Gasteiger partial charge in [0.2, 0.25) is 5.91 Å². The van der Waals surface area contributed by atoms with Crippen LogP contribution in [0, 0.1) is 5.92 Å². The van der Waals surface area contributed by atoms with Crippen molar-refractivity contribution in [3.8, 4) is 5.75 Å². The van der Waals surface area contributed by atoms with E-state index in [-0.39, 0.29) is 37.0 Å². The second-order valence-electron chi connectivity index (χ2n) is 9.13. The summed E-state index contributed by atoms with van der Waals surface area (Å²) in [6, 6.07) is 9.84. The lowest BCUT2D eigenvalue weighted by Crippen LogP contribution is -2.47. The van der Waals surface area contributed by atoms with Crippen LogP contribution in [-0.4, -0.2) is 78.8 Å². The van der Waals surface area contributed by atoms with Gasteiger partial charge in [-0.3, -0.25) is 14.7 Å². The van der Waals surface area contributed by atoms with E-state index in [1.807, 2.05) is 56.3 Å². The highest BCUT2D eigenvalue weighted by Crippen LogP contribution is 2.30. The van der Waals surface area contributed by atoms with Crippen molar-refractivity contribution in [2.75, 3.05) is 45.7 Å². The molecule has 1 amide bonds. The van der Waals surface area contributed by atoms with Crippen LogP contribution in [0.25, 0.3) is 0 Å². The van der Waals surface area contributed by atoms with Crippen LogP contribution in [0.2, 0.25) is 0 Å². The normalized spacial score (nSPS) is 20.1. The summed E-state index contributed by atoms with van der Waals surface area (Å²) >= 11 is 0. The van der Waals surface area contributed by atoms with E-state index in [0.717, 1.165) is 23.5 Å². The fourth-order valence-electron chi connectivity index (χ4n) is 4.08. The molecule has 0 saturated carbocycles. The summed E-state index contributed by atoms with van der Waals surface area (Å²) in [5.74, 6) is 0.869. The molecule has 0 spiro atoms. The van der Waals surface area contributed by atoms with Gasteiger partial charge < -0.3 is 19.6 Å². The molecule has 1 aliphatic rings. The van der Waals surface area contributed by atoms with Gasteiger partial charge in [0, 0.05) is 63.3 Å². The highest BCUT2D eigenvalue weighted by molar-refractivity contribution is 5.80. The summed E-state index contributed by atoms with van der Waals surface area (Å²) in [7, 11) is 6.05. The summed E-state index contributed by atoms with van der Waals surface area (Å²) in [6.07, 6.45) is 3.76. The van der Waals surface area contributed by atoms with Gasteiger partial charge in [-0.15, -0.1) is 0 Å². The van der Waals surface area contributed by atoms with Gasteiger partial charge in [-0.1, -0.05) is 6.92 Å². The molecular formula is C25H36N4O3. The Bertz CT molecular complexity index is 890. The quantitative estimate of drug-likeness (QED) is 0.713. The zero-order chi connectivity index (χ0) is 23.3. The number of benzene rings is 1. The number of amides is 1. The summed E-state index contributed by atoms with van der Waals surface area (Å²) in [5, 5.41) is 9.77. The first-order chi connectivity index (χ1) is 15.3. The maximum absolute atomic E-state index is 13.2. The minimum atomic E-state index is -0.237. The molecule has 1 aliphatic heterocycles. The van der Waals surface area contributed by atoms with Crippen LogP contribution in [0.3, 0.4) is 0 Å². The molecule has 0 bridgehead atoms. The monoisotopic (exact) mass is 440 g/mol. The highest BCUT2D eigenvalue weighted by atomic mass is 16.5. The zero-order valence-corrected chi connectivity index (χ0v) is 19.9. The van der Waals surface area contributed by atoms with Crippen LogP contribution >= 0.6 is 0 Å². The van der Waals surface area contributed by atoms with E-state index >= 15 is 0 Å². The molecule has 0 radical (unpaired) electrons. The van der Waals surface area contributed by atoms with Crippen molar-refractivity contribution in [2.24, 2.45) is 5.92 Å². The van der Waals surface area contributed by atoms with Gasteiger partial charge in [0.1, 0.15) is 11.9 Å².